The van der Waals surface area contributed by atoms with Crippen molar-refractivity contribution in [2.75, 3.05) is 11.9 Å². The number of halogens is 1. The molecule has 1 N–H and O–H groups in total. The summed E-state index contributed by atoms with van der Waals surface area (Å²) in [6.07, 6.45) is 1.75. The Hall–Kier alpha value is -2.96. The van der Waals surface area contributed by atoms with E-state index in [1.54, 1.807) is 30.5 Å². The fourth-order valence-electron chi connectivity index (χ4n) is 2.67. The van der Waals surface area contributed by atoms with Gasteiger partial charge in [0.25, 0.3) is 5.91 Å². The number of fused-ring (bicyclic) bond motifs is 1. The molecule has 2 aromatic carbocycles. The van der Waals surface area contributed by atoms with E-state index >= 15 is 0 Å². The Labute approximate surface area is 171 Å². The van der Waals surface area contributed by atoms with Crippen molar-refractivity contribution >= 4 is 44.9 Å². The van der Waals surface area contributed by atoms with Gasteiger partial charge in [0.05, 0.1) is 0 Å². The lowest BCUT2D eigenvalue weighted by molar-refractivity contribution is -0.118. The molecule has 1 amide bonds. The minimum atomic E-state index is -0.244. The summed E-state index contributed by atoms with van der Waals surface area (Å²) in [6, 6.07) is 16.6. The van der Waals surface area contributed by atoms with E-state index in [9.17, 15) is 4.79 Å². The van der Waals surface area contributed by atoms with Crippen molar-refractivity contribution in [2.45, 2.75) is 6.92 Å². The molecule has 0 saturated carbocycles. The van der Waals surface area contributed by atoms with Crippen LogP contribution in [0.2, 0.25) is 5.02 Å². The van der Waals surface area contributed by atoms with Crippen LogP contribution in [0.1, 0.15) is 5.56 Å². The first-order chi connectivity index (χ1) is 13.6. The number of hydrogen-bond donors (Lipinski definition) is 1. The van der Waals surface area contributed by atoms with Gasteiger partial charge in [-0.3, -0.25) is 4.79 Å². The Morgan fingerprint density at radius 1 is 1.18 bits per heavy atom. The standard InChI is InChI=1S/C21H16ClN3O2S/c1-13-7-8-14(20-25-17-6-3-9-23-21(17)28-20)10-18(13)24-19(26)12-27-16-5-2-4-15(22)11-16/h2-11H,12H2,1H3,(H,24,26). The Bertz CT molecular complexity index is 1130. The largest absolute Gasteiger partial charge is 0.484 e. The number of carbonyl (C=O) groups excluding carboxylic acids is 1. The van der Waals surface area contributed by atoms with Gasteiger partial charge in [0.2, 0.25) is 0 Å². The molecule has 0 spiro atoms. The highest BCUT2D eigenvalue weighted by Crippen LogP contribution is 2.31. The third-order valence-electron chi connectivity index (χ3n) is 4.09. The summed E-state index contributed by atoms with van der Waals surface area (Å²) in [4.78, 5) is 22.2. The zero-order chi connectivity index (χ0) is 19.5. The number of benzene rings is 2. The number of hydrogen-bond acceptors (Lipinski definition) is 5. The molecule has 4 rings (SSSR count). The first-order valence-corrected chi connectivity index (χ1v) is 9.79. The Balaban J connectivity index is 1.49. The average molecular weight is 410 g/mol. The van der Waals surface area contributed by atoms with Gasteiger partial charge in [-0.2, -0.15) is 0 Å². The first-order valence-electron chi connectivity index (χ1n) is 8.59. The van der Waals surface area contributed by atoms with Crippen LogP contribution in [0.3, 0.4) is 0 Å². The van der Waals surface area contributed by atoms with Crippen molar-refractivity contribution in [2.24, 2.45) is 0 Å². The number of carbonyl (C=O) groups is 1. The van der Waals surface area contributed by atoms with E-state index in [4.69, 9.17) is 16.3 Å². The van der Waals surface area contributed by atoms with Gasteiger partial charge in [-0.05, 0) is 48.9 Å². The van der Waals surface area contributed by atoms with Crippen molar-refractivity contribution in [3.8, 4) is 16.3 Å². The van der Waals surface area contributed by atoms with Gasteiger partial charge in [-0.25, -0.2) is 9.97 Å². The average Bonchev–Trinajstić information content (AvgIpc) is 3.12. The summed E-state index contributed by atoms with van der Waals surface area (Å²) in [6.45, 7) is 1.84. The number of aromatic nitrogens is 2. The van der Waals surface area contributed by atoms with Crippen molar-refractivity contribution in [1.82, 2.24) is 9.97 Å². The van der Waals surface area contributed by atoms with Crippen molar-refractivity contribution < 1.29 is 9.53 Å². The van der Waals surface area contributed by atoms with Crippen molar-refractivity contribution in [3.63, 3.8) is 0 Å². The second-order valence-corrected chi connectivity index (χ2v) is 7.58. The Morgan fingerprint density at radius 2 is 2.07 bits per heavy atom. The molecule has 2 aromatic heterocycles. The summed E-state index contributed by atoms with van der Waals surface area (Å²) in [5.41, 5.74) is 3.48. The van der Waals surface area contributed by atoms with Crippen LogP contribution >= 0.6 is 22.9 Å². The maximum absolute atomic E-state index is 12.3. The molecule has 2 heterocycles. The summed E-state index contributed by atoms with van der Waals surface area (Å²) in [5, 5.41) is 4.33. The third kappa shape index (κ3) is 4.13. The summed E-state index contributed by atoms with van der Waals surface area (Å²) in [7, 11) is 0. The number of thiazole rings is 1. The van der Waals surface area contributed by atoms with Crippen LogP contribution in [0, 0.1) is 6.92 Å². The molecule has 0 aliphatic rings. The van der Waals surface area contributed by atoms with Gasteiger partial charge >= 0.3 is 0 Å². The van der Waals surface area contributed by atoms with Gasteiger partial charge in [-0.1, -0.05) is 41.1 Å². The Morgan fingerprint density at radius 3 is 2.89 bits per heavy atom. The van der Waals surface area contributed by atoms with Gasteiger partial charge < -0.3 is 10.1 Å². The number of nitrogens with zero attached hydrogens (tertiary/aromatic N) is 2. The molecule has 0 aliphatic carbocycles. The molecule has 0 bridgehead atoms. The number of rotatable bonds is 5. The van der Waals surface area contributed by atoms with Crippen LogP contribution in [-0.4, -0.2) is 22.5 Å². The molecule has 0 atom stereocenters. The van der Waals surface area contributed by atoms with Crippen molar-refractivity contribution in [3.05, 3.63) is 71.4 Å². The van der Waals surface area contributed by atoms with E-state index in [0.717, 1.165) is 32.2 Å². The molecule has 0 fully saturated rings. The molecule has 7 heteroatoms. The number of ether oxygens (including phenoxy) is 1. The molecule has 0 radical (unpaired) electrons. The van der Waals surface area contributed by atoms with Crippen LogP contribution in [0.15, 0.2) is 60.8 Å². The maximum atomic E-state index is 12.3. The lowest BCUT2D eigenvalue weighted by atomic mass is 10.1. The molecular weight excluding hydrogens is 394 g/mol. The predicted molar refractivity (Wildman–Crippen MR) is 113 cm³/mol. The van der Waals surface area contributed by atoms with Crippen LogP contribution < -0.4 is 10.1 Å². The highest BCUT2D eigenvalue weighted by atomic mass is 35.5. The monoisotopic (exact) mass is 409 g/mol. The zero-order valence-electron chi connectivity index (χ0n) is 15.0. The first kappa shape index (κ1) is 18.4. The number of nitrogens with one attached hydrogen (secondary N) is 1. The predicted octanol–water partition coefficient (Wildman–Crippen LogP) is 5.34. The molecule has 0 unspecified atom stereocenters. The third-order valence-corrected chi connectivity index (χ3v) is 5.35. The summed E-state index contributed by atoms with van der Waals surface area (Å²) >= 11 is 7.45. The van der Waals surface area contributed by atoms with Crippen LogP contribution in [0.5, 0.6) is 5.75 Å². The molecule has 28 heavy (non-hydrogen) atoms. The van der Waals surface area contributed by atoms with Gasteiger partial charge in [0.1, 0.15) is 21.1 Å². The molecule has 0 aliphatic heterocycles. The number of amides is 1. The fourth-order valence-corrected chi connectivity index (χ4v) is 3.76. The topological polar surface area (TPSA) is 64.1 Å². The normalized spacial score (nSPS) is 10.8. The molecule has 5 nitrogen and oxygen atoms in total. The van der Waals surface area contributed by atoms with E-state index in [-0.39, 0.29) is 12.5 Å². The second-order valence-electron chi connectivity index (χ2n) is 6.17. The van der Waals surface area contributed by atoms with Crippen LogP contribution in [-0.2, 0) is 4.79 Å². The van der Waals surface area contributed by atoms with E-state index in [2.05, 4.69) is 15.3 Å². The summed E-state index contributed by atoms with van der Waals surface area (Å²) < 4.78 is 5.50. The lowest BCUT2D eigenvalue weighted by Gasteiger charge is -2.11. The number of aryl methyl sites for hydroxylation is 1. The zero-order valence-corrected chi connectivity index (χ0v) is 16.6. The molecule has 0 saturated heterocycles. The van der Waals surface area contributed by atoms with Gasteiger partial charge in [0, 0.05) is 22.5 Å². The van der Waals surface area contributed by atoms with Gasteiger partial charge in [-0.15, -0.1) is 0 Å². The molecule has 4 aromatic rings. The Kier molecular flexibility index (Phi) is 5.23. The van der Waals surface area contributed by atoms with E-state index in [1.165, 1.54) is 11.3 Å². The quantitative estimate of drug-likeness (QED) is 0.483. The van der Waals surface area contributed by atoms with E-state index < -0.39 is 0 Å². The number of pyridine rings is 1. The smallest absolute Gasteiger partial charge is 0.262 e. The number of anilines is 1. The minimum Gasteiger partial charge on any atom is -0.484 e. The molecular formula is C21H16ClN3O2S. The SMILES string of the molecule is Cc1ccc(-c2nc3cccnc3s2)cc1NC(=O)COc1cccc(Cl)c1. The minimum absolute atomic E-state index is 0.102. The fraction of sp³-hybridized carbons (Fsp3) is 0.0952. The molecule has 140 valence electrons. The van der Waals surface area contributed by atoms with E-state index in [0.29, 0.717) is 10.8 Å². The van der Waals surface area contributed by atoms with Crippen LogP contribution in [0.25, 0.3) is 20.9 Å². The van der Waals surface area contributed by atoms with Crippen molar-refractivity contribution in [1.29, 1.82) is 0 Å². The summed E-state index contributed by atoms with van der Waals surface area (Å²) in [5.74, 6) is 0.307. The van der Waals surface area contributed by atoms with Crippen LogP contribution in [0.4, 0.5) is 5.69 Å². The maximum Gasteiger partial charge on any atom is 0.262 e. The lowest BCUT2D eigenvalue weighted by Crippen LogP contribution is -2.20. The second kappa shape index (κ2) is 7.96. The van der Waals surface area contributed by atoms with Gasteiger partial charge in [0.15, 0.2) is 6.61 Å². The van der Waals surface area contributed by atoms with E-state index in [1.807, 2.05) is 37.3 Å². The highest BCUT2D eigenvalue weighted by molar-refractivity contribution is 7.21. The highest BCUT2D eigenvalue weighted by Gasteiger charge is 2.11.